The minimum Gasteiger partial charge on any atom is -0.399 e. The summed E-state index contributed by atoms with van der Waals surface area (Å²) >= 11 is 0. The van der Waals surface area contributed by atoms with Crippen molar-refractivity contribution in [1.29, 1.82) is 0 Å². The summed E-state index contributed by atoms with van der Waals surface area (Å²) in [4.78, 5) is 11.2. The van der Waals surface area contributed by atoms with Crippen LogP contribution in [0.15, 0.2) is 30.5 Å². The molecule has 0 amide bonds. The van der Waals surface area contributed by atoms with E-state index in [9.17, 15) is 4.79 Å². The smallest absolute Gasteiger partial charge is 0.227 e. The molecule has 0 aliphatic heterocycles. The van der Waals surface area contributed by atoms with Gasteiger partial charge in [0, 0.05) is 24.2 Å². The summed E-state index contributed by atoms with van der Waals surface area (Å²) in [5, 5.41) is 1.03. The minimum atomic E-state index is 0.000556. The van der Waals surface area contributed by atoms with E-state index in [0.29, 0.717) is 5.69 Å². The summed E-state index contributed by atoms with van der Waals surface area (Å²) in [6.07, 6.45) is 1.76. The molecule has 3 nitrogen and oxygen atoms in total. The van der Waals surface area contributed by atoms with Crippen molar-refractivity contribution in [2.75, 3.05) is 5.73 Å². The first-order valence-corrected chi connectivity index (χ1v) is 4.06. The van der Waals surface area contributed by atoms with E-state index in [2.05, 4.69) is 0 Å². The first-order chi connectivity index (χ1) is 6.18. The highest BCUT2D eigenvalue weighted by atomic mass is 16.1. The van der Waals surface area contributed by atoms with Gasteiger partial charge in [0.1, 0.15) is 0 Å². The molecule has 66 valence electrons. The molecule has 0 radical (unpaired) electrons. The summed E-state index contributed by atoms with van der Waals surface area (Å²) in [5.74, 6) is 0.000556. The Balaban J connectivity index is 2.79. The zero-order chi connectivity index (χ0) is 9.42. The number of nitrogens with two attached hydrogens (primary N) is 1. The number of anilines is 1. The van der Waals surface area contributed by atoms with Crippen LogP contribution in [0.3, 0.4) is 0 Å². The van der Waals surface area contributed by atoms with Gasteiger partial charge in [-0.3, -0.25) is 9.36 Å². The Morgan fingerprint density at radius 1 is 1.38 bits per heavy atom. The molecule has 1 heterocycles. The highest BCUT2D eigenvalue weighted by Crippen LogP contribution is 2.18. The average molecular weight is 174 g/mol. The third-order valence-corrected chi connectivity index (χ3v) is 2.06. The van der Waals surface area contributed by atoms with Crippen LogP contribution < -0.4 is 5.73 Å². The van der Waals surface area contributed by atoms with E-state index in [0.717, 1.165) is 10.9 Å². The minimum absolute atomic E-state index is 0.000556. The van der Waals surface area contributed by atoms with Crippen molar-refractivity contribution in [3.63, 3.8) is 0 Å². The molecule has 0 atom stereocenters. The van der Waals surface area contributed by atoms with Crippen molar-refractivity contribution < 1.29 is 4.79 Å². The molecular formula is C10H10N2O. The lowest BCUT2D eigenvalue weighted by atomic mass is 10.2. The molecule has 0 fully saturated rings. The quantitative estimate of drug-likeness (QED) is 0.620. The number of hydrogen-bond donors (Lipinski definition) is 1. The number of carbonyl (C=O) groups excluding carboxylic acids is 1. The Labute approximate surface area is 75.8 Å². The summed E-state index contributed by atoms with van der Waals surface area (Å²) in [6.45, 7) is 1.53. The van der Waals surface area contributed by atoms with Gasteiger partial charge in [0.15, 0.2) is 0 Å². The molecule has 1 aromatic heterocycles. The maximum Gasteiger partial charge on any atom is 0.227 e. The molecule has 0 saturated carbocycles. The van der Waals surface area contributed by atoms with Gasteiger partial charge >= 0.3 is 0 Å². The lowest BCUT2D eigenvalue weighted by molar-refractivity contribution is 0.0941. The van der Waals surface area contributed by atoms with Crippen LogP contribution >= 0.6 is 0 Å². The summed E-state index contributed by atoms with van der Waals surface area (Å²) in [7, 11) is 0. The van der Waals surface area contributed by atoms with Crippen molar-refractivity contribution in [2.24, 2.45) is 0 Å². The van der Waals surface area contributed by atoms with Gasteiger partial charge in [0.05, 0.1) is 5.52 Å². The molecular weight excluding hydrogens is 164 g/mol. The second-order valence-electron chi connectivity index (χ2n) is 3.02. The number of aromatic nitrogens is 1. The zero-order valence-corrected chi connectivity index (χ0v) is 7.32. The molecule has 1 aromatic carbocycles. The van der Waals surface area contributed by atoms with Crippen LogP contribution in [0.1, 0.15) is 11.7 Å². The Bertz CT molecular complexity index is 471. The molecule has 3 heteroatoms. The SMILES string of the molecule is CC(=O)n1ccc2ccc(N)cc21. The van der Waals surface area contributed by atoms with E-state index in [4.69, 9.17) is 5.73 Å². The van der Waals surface area contributed by atoms with E-state index < -0.39 is 0 Å². The van der Waals surface area contributed by atoms with Crippen LogP contribution in [0.2, 0.25) is 0 Å². The van der Waals surface area contributed by atoms with Gasteiger partial charge < -0.3 is 5.73 Å². The Morgan fingerprint density at radius 3 is 2.85 bits per heavy atom. The van der Waals surface area contributed by atoms with Gasteiger partial charge in [-0.2, -0.15) is 0 Å². The second kappa shape index (κ2) is 2.62. The first kappa shape index (κ1) is 7.86. The molecule has 2 N–H and O–H groups in total. The van der Waals surface area contributed by atoms with Crippen molar-refractivity contribution in [2.45, 2.75) is 6.92 Å². The standard InChI is InChI=1S/C10H10N2O/c1-7(13)12-5-4-8-2-3-9(11)6-10(8)12/h2-6H,11H2,1H3. The average Bonchev–Trinajstić information content (AvgIpc) is 2.46. The highest BCUT2D eigenvalue weighted by molar-refractivity contribution is 5.92. The van der Waals surface area contributed by atoms with Crippen molar-refractivity contribution in [3.05, 3.63) is 30.5 Å². The van der Waals surface area contributed by atoms with Crippen LogP contribution in [0.5, 0.6) is 0 Å². The van der Waals surface area contributed by atoms with Crippen LogP contribution in [-0.2, 0) is 0 Å². The molecule has 0 spiro atoms. The maximum atomic E-state index is 11.2. The summed E-state index contributed by atoms with van der Waals surface area (Å²) < 4.78 is 1.59. The van der Waals surface area contributed by atoms with Gasteiger partial charge in [-0.15, -0.1) is 0 Å². The van der Waals surface area contributed by atoms with Crippen LogP contribution in [0, 0.1) is 0 Å². The Hall–Kier alpha value is -1.77. The van der Waals surface area contributed by atoms with Crippen molar-refractivity contribution >= 4 is 22.5 Å². The number of carbonyl (C=O) groups is 1. The topological polar surface area (TPSA) is 48.0 Å². The Kier molecular flexibility index (Phi) is 1.59. The van der Waals surface area contributed by atoms with Gasteiger partial charge in [-0.25, -0.2) is 0 Å². The molecule has 0 bridgehead atoms. The first-order valence-electron chi connectivity index (χ1n) is 4.06. The van der Waals surface area contributed by atoms with Gasteiger partial charge in [-0.1, -0.05) is 6.07 Å². The van der Waals surface area contributed by atoms with Crippen LogP contribution in [0.25, 0.3) is 10.9 Å². The van der Waals surface area contributed by atoms with Crippen molar-refractivity contribution in [3.8, 4) is 0 Å². The highest BCUT2D eigenvalue weighted by Gasteiger charge is 2.03. The number of rotatable bonds is 0. The number of hydrogen-bond acceptors (Lipinski definition) is 2. The fourth-order valence-electron chi connectivity index (χ4n) is 1.42. The van der Waals surface area contributed by atoms with E-state index in [-0.39, 0.29) is 5.91 Å². The van der Waals surface area contributed by atoms with Gasteiger partial charge in [-0.05, 0) is 18.2 Å². The van der Waals surface area contributed by atoms with E-state index in [1.807, 2.05) is 18.2 Å². The number of nitrogens with zero attached hydrogens (tertiary/aromatic N) is 1. The monoisotopic (exact) mass is 174 g/mol. The van der Waals surface area contributed by atoms with Crippen molar-refractivity contribution in [1.82, 2.24) is 4.57 Å². The molecule has 2 rings (SSSR count). The number of nitrogen functional groups attached to an aromatic ring is 1. The molecule has 0 saturated heterocycles. The molecule has 2 aromatic rings. The number of benzene rings is 1. The van der Waals surface area contributed by atoms with E-state index in [1.54, 1.807) is 16.8 Å². The van der Waals surface area contributed by atoms with Crippen LogP contribution in [-0.4, -0.2) is 10.5 Å². The summed E-state index contributed by atoms with van der Waals surface area (Å²) in [5.41, 5.74) is 7.17. The fourth-order valence-corrected chi connectivity index (χ4v) is 1.42. The Morgan fingerprint density at radius 2 is 2.15 bits per heavy atom. The number of fused-ring (bicyclic) bond motifs is 1. The maximum absolute atomic E-state index is 11.2. The van der Waals surface area contributed by atoms with Gasteiger partial charge in [0.2, 0.25) is 5.91 Å². The zero-order valence-electron chi connectivity index (χ0n) is 7.32. The third-order valence-electron chi connectivity index (χ3n) is 2.06. The molecule has 13 heavy (non-hydrogen) atoms. The largest absolute Gasteiger partial charge is 0.399 e. The fraction of sp³-hybridized carbons (Fsp3) is 0.100. The molecule has 0 aliphatic rings. The van der Waals surface area contributed by atoms with E-state index in [1.165, 1.54) is 6.92 Å². The summed E-state index contributed by atoms with van der Waals surface area (Å²) in [6, 6.07) is 7.43. The van der Waals surface area contributed by atoms with Gasteiger partial charge in [0.25, 0.3) is 0 Å². The molecule has 0 unspecified atom stereocenters. The normalized spacial score (nSPS) is 10.5. The van der Waals surface area contributed by atoms with E-state index >= 15 is 0 Å². The molecule has 0 aliphatic carbocycles. The third kappa shape index (κ3) is 1.18. The van der Waals surface area contributed by atoms with Crippen LogP contribution in [0.4, 0.5) is 5.69 Å². The predicted molar refractivity (Wildman–Crippen MR) is 52.7 cm³/mol. The predicted octanol–water partition coefficient (Wildman–Crippen LogP) is 1.88. The lowest BCUT2D eigenvalue weighted by Gasteiger charge is -1.99. The lowest BCUT2D eigenvalue weighted by Crippen LogP contribution is -2.02. The second-order valence-corrected chi connectivity index (χ2v) is 3.02.